The quantitative estimate of drug-likeness (QED) is 0.868. The van der Waals surface area contributed by atoms with E-state index in [1.165, 1.54) is 12.1 Å². The maximum absolute atomic E-state index is 13.2. The van der Waals surface area contributed by atoms with Crippen LogP contribution in [0.2, 0.25) is 0 Å². The van der Waals surface area contributed by atoms with E-state index in [9.17, 15) is 9.50 Å². The first-order chi connectivity index (χ1) is 8.20. The lowest BCUT2D eigenvalue weighted by Crippen LogP contribution is -2.25. The van der Waals surface area contributed by atoms with Crippen molar-refractivity contribution in [3.63, 3.8) is 0 Å². The van der Waals surface area contributed by atoms with Gasteiger partial charge in [0.25, 0.3) is 0 Å². The van der Waals surface area contributed by atoms with E-state index in [-0.39, 0.29) is 18.0 Å². The average molecular weight is 234 g/mol. The second-order valence-electron chi connectivity index (χ2n) is 4.36. The average Bonchev–Trinajstić information content (AvgIpc) is 2.68. The Hall–Kier alpha value is -1.44. The molecule has 0 unspecified atom stereocenters. The minimum atomic E-state index is -0.387. The third kappa shape index (κ3) is 2.82. The van der Waals surface area contributed by atoms with Gasteiger partial charge in [0.05, 0.1) is 12.2 Å². The summed E-state index contributed by atoms with van der Waals surface area (Å²) in [5.41, 5.74) is 0.875. The SMILES string of the molecule is N#CCCN1C[C@@H](O)C[C@H]1c1cccc(F)c1. The van der Waals surface area contributed by atoms with Crippen LogP contribution in [0.1, 0.15) is 24.4 Å². The normalized spacial score (nSPS) is 24.8. The van der Waals surface area contributed by atoms with Gasteiger partial charge in [-0.1, -0.05) is 12.1 Å². The van der Waals surface area contributed by atoms with Crippen LogP contribution in [0.5, 0.6) is 0 Å². The first-order valence-corrected chi connectivity index (χ1v) is 5.75. The molecule has 0 radical (unpaired) electrons. The van der Waals surface area contributed by atoms with E-state index in [0.717, 1.165) is 5.56 Å². The van der Waals surface area contributed by atoms with E-state index in [2.05, 4.69) is 6.07 Å². The molecular weight excluding hydrogens is 219 g/mol. The molecule has 0 aliphatic carbocycles. The number of rotatable bonds is 3. The molecule has 1 aromatic rings. The molecule has 3 nitrogen and oxygen atoms in total. The molecule has 2 atom stereocenters. The summed E-state index contributed by atoms with van der Waals surface area (Å²) >= 11 is 0. The van der Waals surface area contributed by atoms with Gasteiger partial charge in [0.1, 0.15) is 5.82 Å². The fraction of sp³-hybridized carbons (Fsp3) is 0.462. The van der Waals surface area contributed by atoms with Crippen LogP contribution < -0.4 is 0 Å². The zero-order valence-electron chi connectivity index (χ0n) is 9.51. The molecule has 17 heavy (non-hydrogen) atoms. The predicted molar refractivity (Wildman–Crippen MR) is 61.6 cm³/mol. The van der Waals surface area contributed by atoms with Gasteiger partial charge in [-0.05, 0) is 24.1 Å². The Kier molecular flexibility index (Phi) is 3.72. The summed E-state index contributed by atoms with van der Waals surface area (Å²) in [4.78, 5) is 2.04. The topological polar surface area (TPSA) is 47.3 Å². The lowest BCUT2D eigenvalue weighted by atomic mass is 10.0. The van der Waals surface area contributed by atoms with Crippen molar-refractivity contribution in [2.45, 2.75) is 25.0 Å². The number of hydrogen-bond donors (Lipinski definition) is 1. The number of nitriles is 1. The molecule has 1 saturated heterocycles. The number of β-amino-alcohol motifs (C(OH)–C–C–N with tert-alkyl or cyclic N) is 1. The van der Waals surface area contributed by atoms with Gasteiger partial charge >= 0.3 is 0 Å². The highest BCUT2D eigenvalue weighted by atomic mass is 19.1. The Bertz CT molecular complexity index is 430. The fourth-order valence-corrected chi connectivity index (χ4v) is 2.38. The van der Waals surface area contributed by atoms with Gasteiger partial charge in [-0.15, -0.1) is 0 Å². The Labute approximate surface area is 100 Å². The second kappa shape index (κ2) is 5.26. The van der Waals surface area contributed by atoms with E-state index in [0.29, 0.717) is 25.9 Å². The van der Waals surface area contributed by atoms with Gasteiger partial charge in [-0.25, -0.2) is 4.39 Å². The number of likely N-dealkylation sites (tertiary alicyclic amines) is 1. The zero-order valence-corrected chi connectivity index (χ0v) is 9.51. The van der Waals surface area contributed by atoms with Crippen molar-refractivity contribution in [2.24, 2.45) is 0 Å². The number of aliphatic hydroxyl groups is 1. The highest BCUT2D eigenvalue weighted by molar-refractivity contribution is 5.21. The molecule has 1 heterocycles. The van der Waals surface area contributed by atoms with Crippen molar-refractivity contribution < 1.29 is 9.50 Å². The molecule has 1 N–H and O–H groups in total. The Morgan fingerprint density at radius 1 is 1.53 bits per heavy atom. The second-order valence-corrected chi connectivity index (χ2v) is 4.36. The van der Waals surface area contributed by atoms with Gasteiger partial charge in [-0.3, -0.25) is 4.90 Å². The molecule has 4 heteroatoms. The number of nitrogens with zero attached hydrogens (tertiary/aromatic N) is 2. The highest BCUT2D eigenvalue weighted by Gasteiger charge is 2.31. The third-order valence-corrected chi connectivity index (χ3v) is 3.13. The molecule has 0 saturated carbocycles. The van der Waals surface area contributed by atoms with Crippen molar-refractivity contribution in [2.75, 3.05) is 13.1 Å². The molecular formula is C13H15FN2O. The Morgan fingerprint density at radius 3 is 3.06 bits per heavy atom. The standard InChI is InChI=1S/C13H15FN2O/c14-11-4-1-3-10(7-11)13-8-12(17)9-16(13)6-2-5-15/h1,3-4,7,12-13,17H,2,6,8-9H2/t12-,13-/m0/s1. The Morgan fingerprint density at radius 2 is 2.35 bits per heavy atom. The number of halogens is 1. The van der Waals surface area contributed by atoms with Crippen molar-refractivity contribution in [3.05, 3.63) is 35.6 Å². The summed E-state index contributed by atoms with van der Waals surface area (Å²) in [5.74, 6) is -0.260. The van der Waals surface area contributed by atoms with Gasteiger partial charge < -0.3 is 5.11 Å². The molecule has 1 fully saturated rings. The van der Waals surface area contributed by atoms with Crippen molar-refractivity contribution >= 4 is 0 Å². The highest BCUT2D eigenvalue weighted by Crippen LogP contribution is 2.32. The van der Waals surface area contributed by atoms with E-state index < -0.39 is 0 Å². The predicted octanol–water partition coefficient (Wildman–Crippen LogP) is 1.85. The summed E-state index contributed by atoms with van der Waals surface area (Å²) in [7, 11) is 0. The van der Waals surface area contributed by atoms with Gasteiger partial charge in [0.2, 0.25) is 0 Å². The van der Waals surface area contributed by atoms with E-state index in [4.69, 9.17) is 5.26 Å². The minimum Gasteiger partial charge on any atom is -0.392 e. The maximum Gasteiger partial charge on any atom is 0.123 e. The maximum atomic E-state index is 13.2. The summed E-state index contributed by atoms with van der Waals surface area (Å²) in [5, 5.41) is 18.3. The summed E-state index contributed by atoms with van der Waals surface area (Å²) in [6.07, 6.45) is 0.648. The van der Waals surface area contributed by atoms with Crippen molar-refractivity contribution in [1.29, 1.82) is 5.26 Å². The van der Waals surface area contributed by atoms with Crippen LogP contribution in [-0.4, -0.2) is 29.2 Å². The number of benzene rings is 1. The molecule has 0 bridgehead atoms. The van der Waals surface area contributed by atoms with E-state index in [1.54, 1.807) is 6.07 Å². The van der Waals surface area contributed by atoms with Crippen LogP contribution in [0, 0.1) is 17.1 Å². The Balaban J connectivity index is 2.15. The fourth-order valence-electron chi connectivity index (χ4n) is 2.38. The van der Waals surface area contributed by atoms with Crippen LogP contribution >= 0.6 is 0 Å². The number of hydrogen-bond acceptors (Lipinski definition) is 3. The lowest BCUT2D eigenvalue weighted by molar-refractivity contribution is 0.176. The van der Waals surface area contributed by atoms with Gasteiger partial charge in [0.15, 0.2) is 0 Å². The summed E-state index contributed by atoms with van der Waals surface area (Å²) < 4.78 is 13.2. The number of aliphatic hydroxyl groups excluding tert-OH is 1. The molecule has 2 rings (SSSR count). The first-order valence-electron chi connectivity index (χ1n) is 5.75. The van der Waals surface area contributed by atoms with Crippen LogP contribution in [0.3, 0.4) is 0 Å². The lowest BCUT2D eigenvalue weighted by Gasteiger charge is -2.23. The van der Waals surface area contributed by atoms with E-state index in [1.807, 2.05) is 11.0 Å². The minimum absolute atomic E-state index is 0.0223. The molecule has 1 aliphatic rings. The summed E-state index contributed by atoms with van der Waals surface area (Å²) in [6.45, 7) is 1.18. The zero-order chi connectivity index (χ0) is 12.3. The van der Waals surface area contributed by atoms with Crippen LogP contribution in [0.25, 0.3) is 0 Å². The third-order valence-electron chi connectivity index (χ3n) is 3.13. The van der Waals surface area contributed by atoms with E-state index >= 15 is 0 Å². The van der Waals surface area contributed by atoms with Crippen LogP contribution in [-0.2, 0) is 0 Å². The molecule has 0 spiro atoms. The summed E-state index contributed by atoms with van der Waals surface area (Å²) in [6, 6.07) is 8.58. The molecule has 0 aromatic heterocycles. The molecule has 1 aromatic carbocycles. The molecule has 0 amide bonds. The van der Waals surface area contributed by atoms with Crippen molar-refractivity contribution in [1.82, 2.24) is 4.90 Å². The van der Waals surface area contributed by atoms with Crippen molar-refractivity contribution in [3.8, 4) is 6.07 Å². The largest absolute Gasteiger partial charge is 0.392 e. The smallest absolute Gasteiger partial charge is 0.123 e. The van der Waals surface area contributed by atoms with Gasteiger partial charge in [-0.2, -0.15) is 5.26 Å². The van der Waals surface area contributed by atoms with Crippen LogP contribution in [0.4, 0.5) is 4.39 Å². The molecule has 90 valence electrons. The first kappa shape index (κ1) is 12.0. The van der Waals surface area contributed by atoms with Crippen LogP contribution in [0.15, 0.2) is 24.3 Å². The molecule has 1 aliphatic heterocycles. The van der Waals surface area contributed by atoms with Gasteiger partial charge in [0, 0.05) is 25.6 Å². The monoisotopic (exact) mass is 234 g/mol.